The Morgan fingerprint density at radius 1 is 1.56 bits per heavy atom. The van der Waals surface area contributed by atoms with Crippen molar-refractivity contribution in [3.63, 3.8) is 0 Å². The van der Waals surface area contributed by atoms with Crippen molar-refractivity contribution >= 4 is 17.3 Å². The molecule has 0 aromatic heterocycles. The number of nitro groups is 1. The van der Waals surface area contributed by atoms with E-state index in [4.69, 9.17) is 16.3 Å². The van der Waals surface area contributed by atoms with Crippen LogP contribution in [0.1, 0.15) is 12.0 Å². The number of nitro benzene ring substituents is 1. The summed E-state index contributed by atoms with van der Waals surface area (Å²) in [5.41, 5.74) is 0.292. The second-order valence-corrected chi connectivity index (χ2v) is 3.82. The van der Waals surface area contributed by atoms with Crippen LogP contribution in [0.5, 0.6) is 5.75 Å². The van der Waals surface area contributed by atoms with Crippen LogP contribution in [0.2, 0.25) is 5.02 Å². The van der Waals surface area contributed by atoms with Gasteiger partial charge in [0.25, 0.3) is 0 Å². The molecule has 0 radical (unpaired) electrons. The number of ether oxygens (including phenoxy) is 1. The highest BCUT2D eigenvalue weighted by Crippen LogP contribution is 2.32. The van der Waals surface area contributed by atoms with Gasteiger partial charge in [0, 0.05) is 25.1 Å². The molecule has 1 aromatic rings. The molecule has 0 bridgehead atoms. The molecule has 1 N–H and O–H groups in total. The molecule has 0 aliphatic rings. The number of nitrogens with zero attached hydrogens (tertiary/aromatic N) is 1. The smallest absolute Gasteiger partial charge is 0.312 e. The first-order chi connectivity index (χ1) is 8.60. The van der Waals surface area contributed by atoms with Crippen LogP contribution in [0, 0.1) is 22.0 Å². The van der Waals surface area contributed by atoms with Gasteiger partial charge in [-0.3, -0.25) is 10.1 Å². The summed E-state index contributed by atoms with van der Waals surface area (Å²) >= 11 is 5.98. The predicted octanol–water partition coefficient (Wildman–Crippen LogP) is 2.22. The normalized spacial score (nSPS) is 9.50. The molecular formula is C12H13ClN2O3. The average molecular weight is 269 g/mol. The van der Waals surface area contributed by atoms with Crippen molar-refractivity contribution in [1.82, 2.24) is 5.32 Å². The Morgan fingerprint density at radius 2 is 2.28 bits per heavy atom. The van der Waals surface area contributed by atoms with Crippen LogP contribution in [-0.4, -0.2) is 25.6 Å². The van der Waals surface area contributed by atoms with Crippen LogP contribution >= 0.6 is 11.6 Å². The molecule has 0 amide bonds. The van der Waals surface area contributed by atoms with Crippen molar-refractivity contribution in [2.24, 2.45) is 0 Å². The monoisotopic (exact) mass is 268 g/mol. The topological polar surface area (TPSA) is 64.4 Å². The highest BCUT2D eigenvalue weighted by atomic mass is 35.5. The maximum atomic E-state index is 10.8. The van der Waals surface area contributed by atoms with Gasteiger partial charge in [-0.05, 0) is 7.05 Å². The lowest BCUT2D eigenvalue weighted by atomic mass is 10.2. The van der Waals surface area contributed by atoms with E-state index < -0.39 is 4.92 Å². The molecule has 0 heterocycles. The molecule has 18 heavy (non-hydrogen) atoms. The van der Waals surface area contributed by atoms with Crippen molar-refractivity contribution in [2.45, 2.75) is 6.42 Å². The van der Waals surface area contributed by atoms with E-state index in [1.807, 2.05) is 7.05 Å². The number of benzene rings is 1. The molecule has 0 saturated heterocycles. The molecule has 0 aliphatic carbocycles. The lowest BCUT2D eigenvalue weighted by Gasteiger charge is -2.03. The summed E-state index contributed by atoms with van der Waals surface area (Å²) in [6.45, 7) is 0.753. The van der Waals surface area contributed by atoms with Gasteiger partial charge >= 0.3 is 5.69 Å². The van der Waals surface area contributed by atoms with Gasteiger partial charge in [0.1, 0.15) is 0 Å². The summed E-state index contributed by atoms with van der Waals surface area (Å²) in [7, 11) is 3.18. The Hall–Kier alpha value is -1.77. The molecule has 0 unspecified atom stereocenters. The lowest BCUT2D eigenvalue weighted by molar-refractivity contribution is -0.385. The Bertz CT molecular complexity index is 506. The first-order valence-electron chi connectivity index (χ1n) is 5.25. The van der Waals surface area contributed by atoms with Gasteiger partial charge in [0.05, 0.1) is 22.6 Å². The number of halogens is 1. The maximum absolute atomic E-state index is 10.8. The van der Waals surface area contributed by atoms with Gasteiger partial charge in [0.2, 0.25) is 0 Å². The third-order valence-electron chi connectivity index (χ3n) is 2.19. The minimum Gasteiger partial charge on any atom is -0.490 e. The number of methoxy groups -OCH3 is 1. The van der Waals surface area contributed by atoms with E-state index in [0.29, 0.717) is 17.0 Å². The summed E-state index contributed by atoms with van der Waals surface area (Å²) < 4.78 is 4.90. The third-order valence-corrected chi connectivity index (χ3v) is 2.50. The molecule has 5 nitrogen and oxygen atoms in total. The van der Waals surface area contributed by atoms with E-state index in [0.717, 1.165) is 6.54 Å². The van der Waals surface area contributed by atoms with E-state index in [1.165, 1.54) is 19.2 Å². The van der Waals surface area contributed by atoms with Gasteiger partial charge in [-0.2, -0.15) is 0 Å². The highest BCUT2D eigenvalue weighted by molar-refractivity contribution is 6.32. The van der Waals surface area contributed by atoms with Crippen LogP contribution in [0.15, 0.2) is 12.1 Å². The molecular weight excluding hydrogens is 256 g/mol. The summed E-state index contributed by atoms with van der Waals surface area (Å²) in [4.78, 5) is 10.3. The van der Waals surface area contributed by atoms with Crippen molar-refractivity contribution in [3.8, 4) is 17.6 Å². The molecule has 0 spiro atoms. The number of hydrogen-bond donors (Lipinski definition) is 1. The third kappa shape index (κ3) is 3.62. The largest absolute Gasteiger partial charge is 0.490 e. The van der Waals surface area contributed by atoms with Crippen LogP contribution in [0.3, 0.4) is 0 Å². The SMILES string of the molecule is CNCCC#Cc1cc([N+](=O)[O-])c(OC)cc1Cl. The van der Waals surface area contributed by atoms with Gasteiger partial charge in [-0.25, -0.2) is 0 Å². The molecule has 0 saturated carbocycles. The first kappa shape index (κ1) is 14.3. The molecule has 1 rings (SSSR count). The van der Waals surface area contributed by atoms with E-state index in [1.54, 1.807) is 0 Å². The predicted molar refractivity (Wildman–Crippen MR) is 70.1 cm³/mol. The fraction of sp³-hybridized carbons (Fsp3) is 0.333. The fourth-order valence-electron chi connectivity index (χ4n) is 1.29. The zero-order valence-electron chi connectivity index (χ0n) is 10.1. The number of rotatable bonds is 4. The standard InChI is InChI=1S/C12H13ClN2O3/c1-14-6-4-3-5-9-7-11(15(16)17)12(18-2)8-10(9)13/h7-8,14H,4,6H2,1-2H3. The maximum Gasteiger partial charge on any atom is 0.312 e. The number of hydrogen-bond acceptors (Lipinski definition) is 4. The molecule has 0 aliphatic heterocycles. The first-order valence-corrected chi connectivity index (χ1v) is 5.63. The number of nitrogens with one attached hydrogen (secondary N) is 1. The second kappa shape index (κ2) is 6.84. The van der Waals surface area contributed by atoms with Crippen molar-refractivity contribution in [2.75, 3.05) is 20.7 Å². The van der Waals surface area contributed by atoms with Crippen molar-refractivity contribution < 1.29 is 9.66 Å². The summed E-state index contributed by atoms with van der Waals surface area (Å²) in [5, 5.41) is 14.1. The molecule has 6 heteroatoms. The van der Waals surface area contributed by atoms with E-state index in [9.17, 15) is 10.1 Å². The van der Waals surface area contributed by atoms with Crippen LogP contribution in [0.4, 0.5) is 5.69 Å². The Labute approximate surface area is 110 Å². The van der Waals surface area contributed by atoms with Gasteiger partial charge < -0.3 is 10.1 Å². The summed E-state index contributed by atoms with van der Waals surface area (Å²) in [6, 6.07) is 2.73. The van der Waals surface area contributed by atoms with Crippen LogP contribution in [-0.2, 0) is 0 Å². The van der Waals surface area contributed by atoms with Crippen molar-refractivity contribution in [1.29, 1.82) is 0 Å². The zero-order chi connectivity index (χ0) is 13.5. The van der Waals surface area contributed by atoms with E-state index >= 15 is 0 Å². The molecule has 0 atom stereocenters. The fourth-order valence-corrected chi connectivity index (χ4v) is 1.49. The summed E-state index contributed by atoms with van der Waals surface area (Å²) in [6.07, 6.45) is 0.645. The van der Waals surface area contributed by atoms with E-state index in [-0.39, 0.29) is 11.4 Å². The van der Waals surface area contributed by atoms with Gasteiger partial charge in [-0.1, -0.05) is 23.4 Å². The van der Waals surface area contributed by atoms with Gasteiger partial charge in [-0.15, -0.1) is 0 Å². The quantitative estimate of drug-likeness (QED) is 0.394. The van der Waals surface area contributed by atoms with Gasteiger partial charge in [0.15, 0.2) is 5.75 Å². The minimum atomic E-state index is -0.520. The summed E-state index contributed by atoms with van der Waals surface area (Å²) in [5.74, 6) is 5.83. The second-order valence-electron chi connectivity index (χ2n) is 3.42. The highest BCUT2D eigenvalue weighted by Gasteiger charge is 2.17. The van der Waals surface area contributed by atoms with Crippen molar-refractivity contribution in [3.05, 3.63) is 32.8 Å². The molecule has 0 fully saturated rings. The zero-order valence-corrected chi connectivity index (χ0v) is 10.9. The van der Waals surface area contributed by atoms with Crippen LogP contribution in [0.25, 0.3) is 0 Å². The van der Waals surface area contributed by atoms with Crippen LogP contribution < -0.4 is 10.1 Å². The Morgan fingerprint density at radius 3 is 2.83 bits per heavy atom. The Kier molecular flexibility index (Phi) is 5.43. The minimum absolute atomic E-state index is 0.130. The Balaban J connectivity index is 3.08. The average Bonchev–Trinajstić information content (AvgIpc) is 2.35. The molecule has 1 aromatic carbocycles. The van der Waals surface area contributed by atoms with E-state index in [2.05, 4.69) is 17.2 Å². The lowest BCUT2D eigenvalue weighted by Crippen LogP contribution is -2.05. The molecule has 96 valence electrons.